The van der Waals surface area contributed by atoms with Crippen LogP contribution in [0.4, 0.5) is 0 Å². The van der Waals surface area contributed by atoms with Crippen molar-refractivity contribution < 1.29 is 0 Å². The Bertz CT molecular complexity index is 215. The van der Waals surface area contributed by atoms with Gasteiger partial charge in [0.25, 0.3) is 0 Å². The lowest BCUT2D eigenvalue weighted by molar-refractivity contribution is 1.36. The van der Waals surface area contributed by atoms with Crippen LogP contribution in [0.5, 0.6) is 0 Å². The maximum atomic E-state index is 5.29. The van der Waals surface area contributed by atoms with Gasteiger partial charge in [-0.15, -0.1) is 5.73 Å². The summed E-state index contributed by atoms with van der Waals surface area (Å²) in [5.41, 5.74) is 10.8. The molecule has 1 nitrogen and oxygen atoms in total. The van der Waals surface area contributed by atoms with Crippen LogP contribution in [0.15, 0.2) is 41.8 Å². The van der Waals surface area contributed by atoms with Crippen LogP contribution in [0.25, 0.3) is 0 Å². The first-order valence-corrected chi connectivity index (χ1v) is 3.07. The first-order chi connectivity index (χ1) is 4.54. The normalized spacial score (nSPS) is 7.80. The van der Waals surface area contributed by atoms with E-state index in [4.69, 9.17) is 5.73 Å². The molecule has 0 atom stereocenters. The van der Waals surface area contributed by atoms with Crippen LogP contribution in [-0.4, -0.2) is 0 Å². The molecule has 10 heavy (non-hydrogen) atoms. The summed E-state index contributed by atoms with van der Waals surface area (Å²) in [4.78, 5) is 0. The molecule has 0 unspecified atom stereocenters. The quantitative estimate of drug-likeness (QED) is 0.455. The maximum absolute atomic E-state index is 5.29. The molecule has 0 aliphatic carbocycles. The Labute approximate surface area is 62.2 Å². The largest absolute Gasteiger partial charge is 0.399 e. The highest BCUT2D eigenvalue weighted by atomic mass is 14.5. The molecule has 0 saturated heterocycles. The molecule has 0 aromatic heterocycles. The minimum atomic E-state index is 0.514. The molecule has 0 heterocycles. The van der Waals surface area contributed by atoms with E-state index in [1.807, 2.05) is 13.8 Å². The number of nitrogens with two attached hydrogens (primary N) is 1. The third-order valence-corrected chi connectivity index (χ3v) is 1.11. The first-order valence-electron chi connectivity index (χ1n) is 3.07. The summed E-state index contributed by atoms with van der Waals surface area (Å²) in [6, 6.07) is 0. The lowest BCUT2D eigenvalue weighted by Gasteiger charge is -1.90. The Morgan fingerprint density at radius 2 is 1.90 bits per heavy atom. The van der Waals surface area contributed by atoms with Gasteiger partial charge in [0.2, 0.25) is 0 Å². The van der Waals surface area contributed by atoms with Crippen LogP contribution in [0.3, 0.4) is 0 Å². The fourth-order valence-electron chi connectivity index (χ4n) is 0.324. The molecular weight excluding hydrogens is 122 g/mol. The van der Waals surface area contributed by atoms with E-state index in [2.05, 4.69) is 18.9 Å². The minimum absolute atomic E-state index is 0.514. The van der Waals surface area contributed by atoms with Gasteiger partial charge in [0.1, 0.15) is 0 Å². The van der Waals surface area contributed by atoms with Crippen molar-refractivity contribution in [3.8, 4) is 0 Å². The van der Waals surface area contributed by atoms with Crippen LogP contribution >= 0.6 is 0 Å². The second-order valence-corrected chi connectivity index (χ2v) is 2.27. The van der Waals surface area contributed by atoms with Gasteiger partial charge < -0.3 is 5.73 Å². The summed E-state index contributed by atoms with van der Waals surface area (Å²) >= 11 is 0. The summed E-state index contributed by atoms with van der Waals surface area (Å²) in [5.74, 6) is 0. The zero-order valence-electron chi connectivity index (χ0n) is 6.57. The molecule has 0 fully saturated rings. The third-order valence-electron chi connectivity index (χ3n) is 1.11. The molecule has 54 valence electrons. The Kier molecular flexibility index (Phi) is 3.30. The lowest BCUT2D eigenvalue weighted by Crippen LogP contribution is -1.87. The first kappa shape index (κ1) is 8.80. The predicted octanol–water partition coefficient (Wildman–Crippen LogP) is 2.14. The van der Waals surface area contributed by atoms with Crippen molar-refractivity contribution in [2.24, 2.45) is 5.73 Å². The summed E-state index contributed by atoms with van der Waals surface area (Å²) in [5, 5.41) is 0. The third kappa shape index (κ3) is 3.76. The second kappa shape index (κ2) is 3.76. The summed E-state index contributed by atoms with van der Waals surface area (Å²) < 4.78 is 0. The van der Waals surface area contributed by atoms with Crippen molar-refractivity contribution in [3.05, 3.63) is 41.8 Å². The number of hydrogen-bond acceptors (Lipinski definition) is 1. The van der Waals surface area contributed by atoms with E-state index < -0.39 is 0 Å². The van der Waals surface area contributed by atoms with Crippen molar-refractivity contribution >= 4 is 0 Å². The monoisotopic (exact) mass is 135 g/mol. The van der Waals surface area contributed by atoms with E-state index in [0.29, 0.717) is 5.70 Å². The average Bonchev–Trinajstić information content (AvgIpc) is 1.82. The van der Waals surface area contributed by atoms with Crippen molar-refractivity contribution in [2.45, 2.75) is 13.8 Å². The molecule has 0 rings (SSSR count). The highest BCUT2D eigenvalue weighted by Crippen LogP contribution is 2.01. The van der Waals surface area contributed by atoms with Crippen LogP contribution in [0, 0.1) is 0 Å². The molecule has 0 spiro atoms. The average molecular weight is 135 g/mol. The molecule has 0 aliphatic rings. The van der Waals surface area contributed by atoms with E-state index in [9.17, 15) is 0 Å². The van der Waals surface area contributed by atoms with Gasteiger partial charge in [0.05, 0.1) is 0 Å². The van der Waals surface area contributed by atoms with E-state index in [1.54, 1.807) is 6.08 Å². The standard InChI is InChI=1S/C9H13N/c1-7(2)8(3)5-6-9(4)10/h6H,1,4,10H2,2-3H3. The number of hydrogen-bond donors (Lipinski definition) is 1. The Morgan fingerprint density at radius 3 is 2.20 bits per heavy atom. The van der Waals surface area contributed by atoms with Crippen molar-refractivity contribution in [1.29, 1.82) is 0 Å². The Morgan fingerprint density at radius 1 is 1.40 bits per heavy atom. The second-order valence-electron chi connectivity index (χ2n) is 2.27. The van der Waals surface area contributed by atoms with Crippen molar-refractivity contribution in [3.63, 3.8) is 0 Å². The summed E-state index contributed by atoms with van der Waals surface area (Å²) in [6.07, 6.45) is 1.64. The van der Waals surface area contributed by atoms with Gasteiger partial charge in [-0.1, -0.05) is 13.2 Å². The SMILES string of the molecule is C=C(N)C=C=C(C)C(=C)C. The van der Waals surface area contributed by atoms with Gasteiger partial charge in [-0.25, -0.2) is 0 Å². The molecule has 1 heteroatoms. The van der Waals surface area contributed by atoms with Gasteiger partial charge in [-0.2, -0.15) is 0 Å². The van der Waals surface area contributed by atoms with Crippen LogP contribution < -0.4 is 5.73 Å². The molecule has 0 amide bonds. The van der Waals surface area contributed by atoms with E-state index in [1.165, 1.54) is 0 Å². The zero-order valence-corrected chi connectivity index (χ0v) is 6.57. The number of allylic oxidation sites excluding steroid dienone is 2. The molecule has 0 aromatic rings. The molecule has 0 aromatic carbocycles. The fourth-order valence-corrected chi connectivity index (χ4v) is 0.324. The number of rotatable bonds is 2. The van der Waals surface area contributed by atoms with Gasteiger partial charge >= 0.3 is 0 Å². The van der Waals surface area contributed by atoms with Crippen LogP contribution in [0.1, 0.15) is 13.8 Å². The fraction of sp³-hybridized carbons (Fsp3) is 0.222. The topological polar surface area (TPSA) is 26.0 Å². The highest BCUT2D eigenvalue weighted by Gasteiger charge is 1.83. The lowest BCUT2D eigenvalue weighted by atomic mass is 10.2. The van der Waals surface area contributed by atoms with Gasteiger partial charge in [-0.3, -0.25) is 0 Å². The summed E-state index contributed by atoms with van der Waals surface area (Å²) in [7, 11) is 0. The van der Waals surface area contributed by atoms with Gasteiger partial charge in [-0.05, 0) is 25.0 Å². The maximum Gasteiger partial charge on any atom is 0.0319 e. The molecule has 0 aliphatic heterocycles. The van der Waals surface area contributed by atoms with Crippen molar-refractivity contribution in [2.75, 3.05) is 0 Å². The zero-order chi connectivity index (χ0) is 8.15. The molecule has 0 saturated carbocycles. The molecule has 2 N–H and O–H groups in total. The van der Waals surface area contributed by atoms with Gasteiger partial charge in [0.15, 0.2) is 0 Å². The van der Waals surface area contributed by atoms with Crippen LogP contribution in [-0.2, 0) is 0 Å². The van der Waals surface area contributed by atoms with E-state index >= 15 is 0 Å². The Balaban J connectivity index is 4.44. The minimum Gasteiger partial charge on any atom is -0.399 e. The predicted molar refractivity (Wildman–Crippen MR) is 45.4 cm³/mol. The smallest absolute Gasteiger partial charge is 0.0319 e. The van der Waals surface area contributed by atoms with Crippen LogP contribution in [0.2, 0.25) is 0 Å². The van der Waals surface area contributed by atoms with Gasteiger partial charge in [0, 0.05) is 11.8 Å². The van der Waals surface area contributed by atoms with E-state index in [0.717, 1.165) is 11.1 Å². The molecule has 0 bridgehead atoms. The highest BCUT2D eigenvalue weighted by molar-refractivity contribution is 5.25. The molecule has 0 radical (unpaired) electrons. The molecular formula is C9H13N. The van der Waals surface area contributed by atoms with Crippen molar-refractivity contribution in [1.82, 2.24) is 0 Å². The van der Waals surface area contributed by atoms with E-state index in [-0.39, 0.29) is 0 Å². The Hall–Kier alpha value is -1.20. The summed E-state index contributed by atoms with van der Waals surface area (Å²) in [6.45, 7) is 11.1.